The van der Waals surface area contributed by atoms with E-state index in [1.807, 2.05) is 0 Å². The second-order valence-electron chi connectivity index (χ2n) is 9.75. The van der Waals surface area contributed by atoms with E-state index in [1.165, 1.54) is 68.8 Å². The van der Waals surface area contributed by atoms with Gasteiger partial charge in [0.25, 0.3) is 6.43 Å². The summed E-state index contributed by atoms with van der Waals surface area (Å²) in [6.45, 7) is -0.925. The monoisotopic (exact) mass is 458 g/mol. The summed E-state index contributed by atoms with van der Waals surface area (Å²) in [5, 5.41) is 0. The van der Waals surface area contributed by atoms with Gasteiger partial charge >= 0.3 is 0 Å². The number of alkyl halides is 3. The first-order valence-electron chi connectivity index (χ1n) is 12.3. The molecule has 1 aromatic rings. The van der Waals surface area contributed by atoms with Crippen LogP contribution in [-0.4, -0.2) is 28.5 Å². The fourth-order valence-corrected chi connectivity index (χ4v) is 9.30. The molecule has 0 N–H and O–H groups in total. The number of aryl methyl sites for hydroxylation is 1. The van der Waals surface area contributed by atoms with E-state index in [0.29, 0.717) is 5.92 Å². The van der Waals surface area contributed by atoms with Crippen LogP contribution in [0.5, 0.6) is 5.75 Å². The lowest BCUT2D eigenvalue weighted by molar-refractivity contribution is 0.0799. The van der Waals surface area contributed by atoms with Crippen LogP contribution in [0, 0.1) is 23.6 Å². The number of rotatable bonds is 11. The molecule has 2 fully saturated rings. The molecule has 1 aliphatic heterocycles. The van der Waals surface area contributed by atoms with Crippen LogP contribution in [0.2, 0.25) is 18.1 Å². The van der Waals surface area contributed by atoms with Crippen molar-refractivity contribution in [1.29, 1.82) is 0 Å². The van der Waals surface area contributed by atoms with Crippen molar-refractivity contribution in [2.75, 3.05) is 13.3 Å². The van der Waals surface area contributed by atoms with E-state index >= 15 is 0 Å². The normalized spacial score (nSPS) is 26.9. The zero-order valence-electron chi connectivity index (χ0n) is 18.6. The average molecular weight is 459 g/mol. The van der Waals surface area contributed by atoms with E-state index in [9.17, 15) is 17.6 Å². The summed E-state index contributed by atoms with van der Waals surface area (Å²) >= 11 is 0. The highest BCUT2D eigenvalue weighted by atomic mass is 28.3. The third-order valence-electron chi connectivity index (χ3n) is 7.65. The van der Waals surface area contributed by atoms with Gasteiger partial charge in [-0.1, -0.05) is 56.3 Å². The van der Waals surface area contributed by atoms with E-state index in [1.54, 1.807) is 6.07 Å². The highest BCUT2D eigenvalue weighted by molar-refractivity contribution is 6.58. The lowest BCUT2D eigenvalue weighted by Crippen LogP contribution is -2.28. The molecule has 1 aliphatic carbocycles. The Labute approximate surface area is 186 Å². The Morgan fingerprint density at radius 3 is 2.32 bits per heavy atom. The molecule has 0 aromatic heterocycles. The zero-order chi connectivity index (χ0) is 22.1. The Balaban J connectivity index is 1.34. The van der Waals surface area contributed by atoms with Gasteiger partial charge in [-0.2, -0.15) is 0 Å². The van der Waals surface area contributed by atoms with Gasteiger partial charge in [-0.25, -0.2) is 13.2 Å². The van der Waals surface area contributed by atoms with Crippen molar-refractivity contribution >= 4 is 8.80 Å². The van der Waals surface area contributed by atoms with Gasteiger partial charge in [-0.15, -0.1) is 0 Å². The van der Waals surface area contributed by atoms with Crippen LogP contribution in [0.25, 0.3) is 0 Å². The molecule has 1 heterocycles. The van der Waals surface area contributed by atoms with Gasteiger partial charge < -0.3 is 4.74 Å². The molecule has 3 rings (SSSR count). The molecule has 0 amide bonds. The molecule has 0 atom stereocenters. The predicted molar refractivity (Wildman–Crippen MR) is 121 cm³/mol. The first kappa shape index (κ1) is 24.6. The molecule has 1 saturated heterocycles. The fourth-order valence-electron chi connectivity index (χ4n) is 5.76. The molecule has 0 unspecified atom stereocenters. The fraction of sp³-hybridized carbons (Fsp3) is 0.760. The lowest BCUT2D eigenvalue weighted by Gasteiger charge is -2.37. The minimum atomic E-state index is -2.60. The molecule has 6 heteroatoms. The molecule has 0 spiro atoms. The predicted octanol–water partition coefficient (Wildman–Crippen LogP) is 7.60. The van der Waals surface area contributed by atoms with Crippen LogP contribution in [0.1, 0.15) is 63.4 Å². The topological polar surface area (TPSA) is 9.23 Å². The maximum atomic E-state index is 14.1. The van der Waals surface area contributed by atoms with Gasteiger partial charge in [0.1, 0.15) is 6.61 Å². The summed E-state index contributed by atoms with van der Waals surface area (Å²) in [4.78, 5) is 0. The maximum absolute atomic E-state index is 14.1. The van der Waals surface area contributed by atoms with Crippen molar-refractivity contribution in [1.82, 2.24) is 0 Å². The smallest absolute Gasteiger partial charge is 0.272 e. The van der Waals surface area contributed by atoms with Crippen molar-refractivity contribution in [3.05, 3.63) is 29.6 Å². The summed E-state index contributed by atoms with van der Waals surface area (Å²) in [5.74, 6) is 1.87. The maximum Gasteiger partial charge on any atom is 0.272 e. The average Bonchev–Trinajstić information content (AvgIpc) is 2.78. The van der Waals surface area contributed by atoms with E-state index in [-0.39, 0.29) is 12.4 Å². The number of unbranched alkanes of at least 4 members (excludes halogenated alkanes) is 1. The van der Waals surface area contributed by atoms with Crippen LogP contribution in [0.4, 0.5) is 17.6 Å². The Kier molecular flexibility index (Phi) is 10.2. The van der Waals surface area contributed by atoms with Crippen molar-refractivity contribution < 1.29 is 22.3 Å². The number of hydrogen-bond acceptors (Lipinski definition) is 1. The number of ether oxygens (including phenoxy) is 1. The molecular formula is C25H38F4OSi. The highest BCUT2D eigenvalue weighted by Crippen LogP contribution is 2.42. The standard InChI is InChI=1S/C25H38F4OSi/c26-13-1-2-14-31-15-11-22(12-16-31)21-8-5-19(6-9-21)3-4-20-7-10-24(23(27)17-20)30-18-25(28)29/h7,10,17,19,21-22,25,31H,1-6,8-9,11-16,18H2/t19-,21-,22?,31?. The Morgan fingerprint density at radius 1 is 0.968 bits per heavy atom. The third kappa shape index (κ3) is 8.10. The van der Waals surface area contributed by atoms with Crippen molar-refractivity contribution in [2.45, 2.75) is 88.8 Å². The number of benzene rings is 1. The second-order valence-corrected chi connectivity index (χ2v) is 13.2. The van der Waals surface area contributed by atoms with Gasteiger partial charge in [-0.05, 0) is 67.6 Å². The largest absolute Gasteiger partial charge is 0.485 e. The Morgan fingerprint density at radius 2 is 1.68 bits per heavy atom. The minimum Gasteiger partial charge on any atom is -0.485 e. The molecule has 31 heavy (non-hydrogen) atoms. The third-order valence-corrected chi connectivity index (χ3v) is 11.2. The van der Waals surface area contributed by atoms with E-state index in [2.05, 4.69) is 0 Å². The highest BCUT2D eigenvalue weighted by Gasteiger charge is 2.31. The summed E-state index contributed by atoms with van der Waals surface area (Å²) in [6.07, 6.45) is 9.22. The van der Waals surface area contributed by atoms with Gasteiger partial charge in [0.15, 0.2) is 11.6 Å². The summed E-state index contributed by atoms with van der Waals surface area (Å²) in [5.41, 5.74) is 0.917. The molecule has 1 saturated carbocycles. The summed E-state index contributed by atoms with van der Waals surface area (Å²) in [7, 11) is -0.570. The minimum absolute atomic E-state index is 0.0928. The van der Waals surface area contributed by atoms with Gasteiger partial charge in [0.2, 0.25) is 0 Å². The zero-order valence-corrected chi connectivity index (χ0v) is 19.8. The van der Waals surface area contributed by atoms with Crippen LogP contribution >= 0.6 is 0 Å². The van der Waals surface area contributed by atoms with E-state index in [0.717, 1.165) is 43.1 Å². The Hall–Kier alpha value is -1.04. The van der Waals surface area contributed by atoms with Crippen LogP contribution < -0.4 is 4.74 Å². The number of hydrogen-bond donors (Lipinski definition) is 0. The summed E-state index contributed by atoms with van der Waals surface area (Å²) < 4.78 is 55.6. The van der Waals surface area contributed by atoms with Crippen LogP contribution in [-0.2, 0) is 6.42 Å². The Bertz CT molecular complexity index is 640. The van der Waals surface area contributed by atoms with Crippen LogP contribution in [0.3, 0.4) is 0 Å². The molecular weight excluding hydrogens is 420 g/mol. The molecule has 1 nitrogen and oxygen atoms in total. The van der Waals surface area contributed by atoms with Gasteiger partial charge in [-0.3, -0.25) is 4.39 Å². The van der Waals surface area contributed by atoms with E-state index < -0.39 is 27.6 Å². The van der Waals surface area contributed by atoms with E-state index in [4.69, 9.17) is 4.74 Å². The second kappa shape index (κ2) is 12.9. The summed E-state index contributed by atoms with van der Waals surface area (Å²) in [6, 6.07) is 9.00. The van der Waals surface area contributed by atoms with Crippen molar-refractivity contribution in [2.24, 2.45) is 17.8 Å². The molecule has 2 aliphatic rings. The first-order chi connectivity index (χ1) is 15.0. The molecule has 176 valence electrons. The molecule has 0 radical (unpaired) electrons. The van der Waals surface area contributed by atoms with Crippen molar-refractivity contribution in [3.8, 4) is 5.75 Å². The molecule has 0 bridgehead atoms. The van der Waals surface area contributed by atoms with Crippen molar-refractivity contribution in [3.63, 3.8) is 0 Å². The van der Waals surface area contributed by atoms with Gasteiger partial charge in [0, 0.05) is 8.80 Å². The lowest BCUT2D eigenvalue weighted by atomic mass is 9.73. The quantitative estimate of drug-likeness (QED) is 0.188. The van der Waals surface area contributed by atoms with Gasteiger partial charge in [0.05, 0.1) is 6.67 Å². The molecule has 1 aromatic carbocycles. The SMILES string of the molecule is FCCCC[SiH]1CCC([C@H]2CC[C@H](CCc3ccc(OCC(F)F)c(F)c3)CC2)CC1. The first-order valence-corrected chi connectivity index (χ1v) is 14.8. The number of halogens is 4. The van der Waals surface area contributed by atoms with Crippen LogP contribution in [0.15, 0.2) is 18.2 Å².